The Morgan fingerprint density at radius 3 is 2.43 bits per heavy atom. The van der Waals surface area contributed by atoms with E-state index >= 15 is 0 Å². The third kappa shape index (κ3) is 5.72. The average Bonchev–Trinajstić information content (AvgIpc) is 2.48. The largest absolute Gasteiger partial charge is 0.464 e. The van der Waals surface area contributed by atoms with Gasteiger partial charge in [0.2, 0.25) is 0 Å². The van der Waals surface area contributed by atoms with E-state index in [9.17, 15) is 9.36 Å². The lowest BCUT2D eigenvalue weighted by atomic mass is 9.81. The first-order valence-corrected chi connectivity index (χ1v) is 9.84. The van der Waals surface area contributed by atoms with Gasteiger partial charge in [-0.1, -0.05) is 32.1 Å². The minimum Gasteiger partial charge on any atom is -0.464 e. The molecule has 1 aliphatic carbocycles. The zero-order chi connectivity index (χ0) is 15.7. The van der Waals surface area contributed by atoms with Crippen molar-refractivity contribution < 1.29 is 23.9 Å². The predicted octanol–water partition coefficient (Wildman–Crippen LogP) is 2.80. The first-order chi connectivity index (χ1) is 10.1. The minimum atomic E-state index is -2.24. The number of hydrogen-bond donors (Lipinski definition) is 1. The van der Waals surface area contributed by atoms with E-state index in [0.29, 0.717) is 18.9 Å². The van der Waals surface area contributed by atoms with Crippen molar-refractivity contribution in [2.75, 3.05) is 25.7 Å². The minimum absolute atomic E-state index is 0.0807. The highest BCUT2D eigenvalue weighted by Crippen LogP contribution is 2.38. The summed E-state index contributed by atoms with van der Waals surface area (Å²) in [5.41, 5.74) is -1.15. The van der Waals surface area contributed by atoms with Crippen LogP contribution < -0.4 is 0 Å². The predicted molar refractivity (Wildman–Crippen MR) is 83.1 cm³/mol. The van der Waals surface area contributed by atoms with Crippen LogP contribution in [-0.2, 0) is 18.8 Å². The lowest BCUT2D eigenvalue weighted by Gasteiger charge is -2.35. The van der Waals surface area contributed by atoms with Crippen LogP contribution in [0.4, 0.5) is 0 Å². The highest BCUT2D eigenvalue weighted by Gasteiger charge is 2.44. The average molecular weight is 320 g/mol. The van der Waals surface area contributed by atoms with Crippen LogP contribution in [-0.4, -0.2) is 42.4 Å². The lowest BCUT2D eigenvalue weighted by molar-refractivity contribution is -0.171. The van der Waals surface area contributed by atoms with Gasteiger partial charge in [-0.2, -0.15) is 0 Å². The van der Waals surface area contributed by atoms with Crippen molar-refractivity contribution in [1.82, 2.24) is 0 Å². The van der Waals surface area contributed by atoms with E-state index in [4.69, 9.17) is 14.6 Å². The molecule has 1 saturated carbocycles. The molecule has 0 radical (unpaired) electrons. The molecule has 0 amide bonds. The zero-order valence-electron chi connectivity index (χ0n) is 13.2. The van der Waals surface area contributed by atoms with E-state index in [0.717, 1.165) is 12.8 Å². The number of aliphatic hydroxyl groups is 1. The molecular formula is C15H29O5P. The normalized spacial score (nSPS) is 20.7. The number of ether oxygens (including phenoxy) is 2. The third-order valence-electron chi connectivity index (χ3n) is 4.07. The summed E-state index contributed by atoms with van der Waals surface area (Å²) in [7, 11) is -2.24. The van der Waals surface area contributed by atoms with Gasteiger partial charge in [0.25, 0.3) is 0 Å². The van der Waals surface area contributed by atoms with Crippen LogP contribution in [0.3, 0.4) is 0 Å². The summed E-state index contributed by atoms with van der Waals surface area (Å²) < 4.78 is 22.8. The summed E-state index contributed by atoms with van der Waals surface area (Å²) in [4.78, 5) is 12.4. The molecular weight excluding hydrogens is 291 g/mol. The van der Waals surface area contributed by atoms with Gasteiger partial charge >= 0.3 is 5.97 Å². The Bertz CT molecular complexity index is 341. The Morgan fingerprint density at radius 1 is 1.24 bits per heavy atom. The van der Waals surface area contributed by atoms with Crippen LogP contribution in [0.15, 0.2) is 0 Å². The maximum absolute atomic E-state index is 12.4. The monoisotopic (exact) mass is 320 g/mol. The molecule has 6 heteroatoms. The Labute approximate surface area is 128 Å². The van der Waals surface area contributed by atoms with Gasteiger partial charge < -0.3 is 19.1 Å². The van der Waals surface area contributed by atoms with Gasteiger partial charge in [-0.3, -0.25) is 0 Å². The van der Waals surface area contributed by atoms with Crippen LogP contribution in [0.2, 0.25) is 0 Å². The summed E-state index contributed by atoms with van der Waals surface area (Å²) in [6.07, 6.45) is 5.99. The Kier molecular flexibility index (Phi) is 8.53. The molecule has 0 saturated heterocycles. The number of carbonyl (C=O) groups excluding carboxylic acids is 1. The van der Waals surface area contributed by atoms with Crippen LogP contribution in [0.5, 0.6) is 0 Å². The molecule has 0 aromatic rings. The first kappa shape index (κ1) is 18.7. The van der Waals surface area contributed by atoms with Gasteiger partial charge in [0, 0.05) is 12.8 Å². The molecule has 0 bridgehead atoms. The number of carbonyl (C=O) groups is 1. The van der Waals surface area contributed by atoms with Crippen molar-refractivity contribution in [3.8, 4) is 0 Å². The maximum Gasteiger partial charge on any atom is 0.338 e. The van der Waals surface area contributed by atoms with Crippen molar-refractivity contribution in [2.45, 2.75) is 58.0 Å². The molecule has 0 aromatic heterocycles. The molecule has 1 aliphatic rings. The Balaban J connectivity index is 2.90. The Morgan fingerprint density at radius 2 is 1.90 bits per heavy atom. The van der Waals surface area contributed by atoms with Crippen LogP contribution in [0.1, 0.15) is 52.4 Å². The Hall–Kier alpha value is -0.380. The highest BCUT2D eigenvalue weighted by atomic mass is 31.1. The lowest BCUT2D eigenvalue weighted by Crippen LogP contribution is -2.47. The van der Waals surface area contributed by atoms with E-state index < -0.39 is 19.4 Å². The van der Waals surface area contributed by atoms with Crippen LogP contribution in [0.25, 0.3) is 0 Å². The van der Waals surface area contributed by atoms with Gasteiger partial charge in [-0.25, -0.2) is 4.79 Å². The first-order valence-electron chi connectivity index (χ1n) is 8.01. The molecule has 0 heterocycles. The fourth-order valence-electron chi connectivity index (χ4n) is 3.17. The van der Waals surface area contributed by atoms with Gasteiger partial charge in [-0.05, 0) is 26.2 Å². The standard InChI is InChI=1S/C15H29O5P/c1-3-19-14(17)15(20-4-2,11-21(18)12-16)10-13-8-6-5-7-9-13/h13,16,21H,3-12H2,1-2H3. The molecule has 1 fully saturated rings. The zero-order valence-corrected chi connectivity index (χ0v) is 14.2. The quantitative estimate of drug-likeness (QED) is 0.522. The summed E-state index contributed by atoms with van der Waals surface area (Å²) in [6.45, 7) is 4.22. The van der Waals surface area contributed by atoms with Gasteiger partial charge in [0.15, 0.2) is 5.60 Å². The number of rotatable bonds is 9. The molecule has 0 aromatic carbocycles. The molecule has 0 aliphatic heterocycles. The molecule has 5 nitrogen and oxygen atoms in total. The van der Waals surface area contributed by atoms with Gasteiger partial charge in [0.1, 0.15) is 7.80 Å². The maximum atomic E-state index is 12.4. The molecule has 0 spiro atoms. The second-order valence-corrected chi connectivity index (χ2v) is 7.48. The van der Waals surface area contributed by atoms with E-state index in [1.54, 1.807) is 6.92 Å². The smallest absolute Gasteiger partial charge is 0.338 e. The topological polar surface area (TPSA) is 72.8 Å². The fraction of sp³-hybridized carbons (Fsp3) is 0.933. The number of esters is 1. The molecule has 1 rings (SSSR count). The van der Waals surface area contributed by atoms with E-state index in [1.165, 1.54) is 19.3 Å². The molecule has 2 atom stereocenters. The number of hydrogen-bond acceptors (Lipinski definition) is 5. The van der Waals surface area contributed by atoms with Crippen LogP contribution in [0, 0.1) is 5.92 Å². The van der Waals surface area contributed by atoms with Crippen molar-refractivity contribution in [3.05, 3.63) is 0 Å². The van der Waals surface area contributed by atoms with Crippen LogP contribution >= 0.6 is 7.80 Å². The van der Waals surface area contributed by atoms with Gasteiger partial charge in [0.05, 0.1) is 13.0 Å². The van der Waals surface area contributed by atoms with E-state index in [2.05, 4.69) is 0 Å². The van der Waals surface area contributed by atoms with E-state index in [1.807, 2.05) is 6.92 Å². The molecule has 1 N–H and O–H groups in total. The molecule has 2 unspecified atom stereocenters. The number of aliphatic hydroxyl groups excluding tert-OH is 1. The highest BCUT2D eigenvalue weighted by molar-refractivity contribution is 7.44. The molecule has 21 heavy (non-hydrogen) atoms. The van der Waals surface area contributed by atoms with Crippen molar-refractivity contribution >= 4 is 13.8 Å². The SMILES string of the molecule is CCOC(=O)C(CC1CCCCC1)(C[PH](=O)CO)OCC. The van der Waals surface area contributed by atoms with Crippen molar-refractivity contribution in [2.24, 2.45) is 5.92 Å². The van der Waals surface area contributed by atoms with E-state index in [-0.39, 0.29) is 19.1 Å². The summed E-state index contributed by atoms with van der Waals surface area (Å²) >= 11 is 0. The van der Waals surface area contributed by atoms with Gasteiger partial charge in [-0.15, -0.1) is 0 Å². The molecule has 124 valence electrons. The summed E-state index contributed by atoms with van der Waals surface area (Å²) in [6, 6.07) is 0. The van der Waals surface area contributed by atoms with Crippen molar-refractivity contribution in [1.29, 1.82) is 0 Å². The second-order valence-electron chi connectivity index (χ2n) is 5.73. The summed E-state index contributed by atoms with van der Waals surface area (Å²) in [5.74, 6) is -0.0209. The third-order valence-corrected chi connectivity index (χ3v) is 5.39. The second kappa shape index (κ2) is 9.60. The summed E-state index contributed by atoms with van der Waals surface area (Å²) in [5, 5.41) is 9.11. The fourth-order valence-corrected chi connectivity index (χ4v) is 4.31. The van der Waals surface area contributed by atoms with Crippen molar-refractivity contribution in [3.63, 3.8) is 0 Å².